The molecule has 0 saturated heterocycles. The molecule has 7 heteroatoms. The number of ether oxygens (including phenoxy) is 1. The first kappa shape index (κ1) is 12.1. The summed E-state index contributed by atoms with van der Waals surface area (Å²) in [5.41, 5.74) is 0.834. The van der Waals surface area contributed by atoms with Crippen LogP contribution in [0.3, 0.4) is 0 Å². The molecule has 0 unspecified atom stereocenters. The minimum Gasteiger partial charge on any atom is -0.497 e. The lowest BCUT2D eigenvalue weighted by Crippen LogP contribution is -2.10. The second-order valence-electron chi connectivity index (χ2n) is 3.64. The van der Waals surface area contributed by atoms with E-state index in [-0.39, 0.29) is 5.91 Å². The van der Waals surface area contributed by atoms with Gasteiger partial charge in [0, 0.05) is 11.6 Å². The topological polar surface area (TPSA) is 64.1 Å². The number of amides is 1. The molecule has 0 bridgehead atoms. The smallest absolute Gasteiger partial charge is 0.286 e. The summed E-state index contributed by atoms with van der Waals surface area (Å²) in [6.07, 6.45) is 1.60. The number of hydrogen-bond acceptors (Lipinski definition) is 6. The van der Waals surface area contributed by atoms with Crippen molar-refractivity contribution >= 4 is 43.9 Å². The summed E-state index contributed by atoms with van der Waals surface area (Å²) in [6, 6.07) is 5.60. The summed E-state index contributed by atoms with van der Waals surface area (Å²) in [4.78, 5) is 20.2. The molecule has 96 valence electrons. The van der Waals surface area contributed by atoms with Crippen LogP contribution in [0.4, 0.5) is 5.13 Å². The van der Waals surface area contributed by atoms with Crippen LogP contribution < -0.4 is 10.1 Å². The van der Waals surface area contributed by atoms with Gasteiger partial charge in [0.1, 0.15) is 5.75 Å². The van der Waals surface area contributed by atoms with Gasteiger partial charge in [0.15, 0.2) is 10.1 Å². The fourth-order valence-electron chi connectivity index (χ4n) is 1.57. The normalized spacial score (nSPS) is 10.6. The van der Waals surface area contributed by atoms with Gasteiger partial charge in [0.25, 0.3) is 5.91 Å². The Morgan fingerprint density at radius 3 is 3.05 bits per heavy atom. The van der Waals surface area contributed by atoms with Gasteiger partial charge in [-0.3, -0.25) is 10.1 Å². The Hall–Kier alpha value is -1.99. The van der Waals surface area contributed by atoms with Gasteiger partial charge in [-0.2, -0.15) is 0 Å². The van der Waals surface area contributed by atoms with E-state index in [4.69, 9.17) is 4.74 Å². The number of nitrogens with zero attached hydrogens (tertiary/aromatic N) is 2. The minimum absolute atomic E-state index is 0.235. The van der Waals surface area contributed by atoms with Gasteiger partial charge >= 0.3 is 0 Å². The largest absolute Gasteiger partial charge is 0.497 e. The van der Waals surface area contributed by atoms with Crippen molar-refractivity contribution in [3.8, 4) is 5.75 Å². The van der Waals surface area contributed by atoms with Gasteiger partial charge in [-0.15, -0.1) is 11.3 Å². The Labute approximate surface area is 116 Å². The third kappa shape index (κ3) is 2.42. The van der Waals surface area contributed by atoms with Crippen LogP contribution in [-0.2, 0) is 0 Å². The Bertz CT molecular complexity index is 722. The number of nitrogens with one attached hydrogen (secondary N) is 1. The standard InChI is InChI=1S/C12H9N3O2S2/c1-17-7-2-3-8-9(6-7)19-12(14-8)15-10(16)11-13-4-5-18-11/h2-6H,1H3,(H,14,15,16). The van der Waals surface area contributed by atoms with Crippen molar-refractivity contribution in [3.63, 3.8) is 0 Å². The van der Waals surface area contributed by atoms with Crippen molar-refractivity contribution in [3.05, 3.63) is 34.8 Å². The van der Waals surface area contributed by atoms with E-state index in [9.17, 15) is 4.79 Å². The number of carbonyl (C=O) groups excluding carboxylic acids is 1. The summed E-state index contributed by atoms with van der Waals surface area (Å²) in [5, 5.41) is 5.50. The molecule has 3 aromatic rings. The molecule has 5 nitrogen and oxygen atoms in total. The van der Waals surface area contributed by atoms with Crippen LogP contribution in [0.1, 0.15) is 9.80 Å². The predicted molar refractivity (Wildman–Crippen MR) is 76.2 cm³/mol. The third-order valence-corrected chi connectivity index (χ3v) is 4.15. The molecule has 2 heterocycles. The fourth-order valence-corrected chi connectivity index (χ4v) is 2.99. The molecule has 0 radical (unpaired) electrons. The maximum Gasteiger partial charge on any atom is 0.286 e. The fraction of sp³-hybridized carbons (Fsp3) is 0.0833. The quantitative estimate of drug-likeness (QED) is 0.805. The predicted octanol–water partition coefficient (Wildman–Crippen LogP) is 3.01. The molecule has 0 aliphatic rings. The van der Waals surface area contributed by atoms with Gasteiger partial charge in [0.2, 0.25) is 0 Å². The van der Waals surface area contributed by atoms with E-state index in [1.807, 2.05) is 18.2 Å². The minimum atomic E-state index is -0.235. The first-order valence-corrected chi connectivity index (χ1v) is 7.11. The summed E-state index contributed by atoms with van der Waals surface area (Å²) in [6.45, 7) is 0. The number of rotatable bonds is 3. The number of methoxy groups -OCH3 is 1. The van der Waals surface area contributed by atoms with Crippen molar-refractivity contribution in [2.45, 2.75) is 0 Å². The Kier molecular flexibility index (Phi) is 3.14. The number of benzene rings is 1. The Balaban J connectivity index is 1.87. The van der Waals surface area contributed by atoms with Gasteiger partial charge < -0.3 is 4.74 Å². The highest BCUT2D eigenvalue weighted by Crippen LogP contribution is 2.29. The van der Waals surface area contributed by atoms with E-state index in [1.54, 1.807) is 18.7 Å². The summed E-state index contributed by atoms with van der Waals surface area (Å²) in [5.74, 6) is 0.537. The van der Waals surface area contributed by atoms with Gasteiger partial charge in [-0.25, -0.2) is 9.97 Å². The van der Waals surface area contributed by atoms with Crippen molar-refractivity contribution < 1.29 is 9.53 Å². The number of thiazole rings is 2. The molecule has 0 aliphatic carbocycles. The average Bonchev–Trinajstić information content (AvgIpc) is 3.06. The van der Waals surface area contributed by atoms with Crippen LogP contribution in [0.5, 0.6) is 5.75 Å². The number of hydrogen-bond donors (Lipinski definition) is 1. The van der Waals surface area contributed by atoms with E-state index in [1.165, 1.54) is 22.7 Å². The molecular weight excluding hydrogens is 282 g/mol. The molecule has 1 aromatic carbocycles. The second kappa shape index (κ2) is 4.94. The van der Waals surface area contributed by atoms with Crippen molar-refractivity contribution in [2.75, 3.05) is 12.4 Å². The molecule has 1 amide bonds. The van der Waals surface area contributed by atoms with E-state index >= 15 is 0 Å². The Morgan fingerprint density at radius 2 is 2.32 bits per heavy atom. The zero-order valence-electron chi connectivity index (χ0n) is 9.91. The van der Waals surface area contributed by atoms with Gasteiger partial charge in [0.05, 0.1) is 17.3 Å². The van der Waals surface area contributed by atoms with Crippen molar-refractivity contribution in [1.29, 1.82) is 0 Å². The molecule has 1 N–H and O–H groups in total. The molecule has 19 heavy (non-hydrogen) atoms. The highest BCUT2D eigenvalue weighted by Gasteiger charge is 2.12. The highest BCUT2D eigenvalue weighted by molar-refractivity contribution is 7.22. The molecule has 0 spiro atoms. The van der Waals surface area contributed by atoms with Crippen molar-refractivity contribution in [2.24, 2.45) is 0 Å². The second-order valence-corrected chi connectivity index (χ2v) is 5.57. The number of anilines is 1. The van der Waals surface area contributed by atoms with E-state index < -0.39 is 0 Å². The lowest BCUT2D eigenvalue weighted by molar-refractivity contribution is 0.102. The van der Waals surface area contributed by atoms with Crippen LogP contribution in [0, 0.1) is 0 Å². The first-order valence-electron chi connectivity index (χ1n) is 5.41. The molecule has 3 rings (SSSR count). The van der Waals surface area contributed by atoms with Crippen LogP contribution >= 0.6 is 22.7 Å². The summed E-state index contributed by atoms with van der Waals surface area (Å²) in [7, 11) is 1.62. The van der Waals surface area contributed by atoms with Crippen LogP contribution in [-0.4, -0.2) is 23.0 Å². The molecule has 0 aliphatic heterocycles. The Morgan fingerprint density at radius 1 is 1.42 bits per heavy atom. The molecule has 0 fully saturated rings. The van der Waals surface area contributed by atoms with Gasteiger partial charge in [-0.05, 0) is 18.2 Å². The summed E-state index contributed by atoms with van der Waals surface area (Å²) >= 11 is 2.70. The lowest BCUT2D eigenvalue weighted by atomic mass is 10.3. The maximum absolute atomic E-state index is 11.9. The number of aromatic nitrogens is 2. The van der Waals surface area contributed by atoms with E-state index in [2.05, 4.69) is 15.3 Å². The van der Waals surface area contributed by atoms with E-state index in [0.717, 1.165) is 16.0 Å². The molecular formula is C12H9N3O2S2. The number of carbonyl (C=O) groups is 1. The number of fused-ring (bicyclic) bond motifs is 1. The average molecular weight is 291 g/mol. The van der Waals surface area contributed by atoms with Crippen LogP contribution in [0.25, 0.3) is 10.2 Å². The SMILES string of the molecule is COc1ccc2nc(NC(=O)c3nccs3)sc2c1. The molecule has 0 saturated carbocycles. The molecule has 0 atom stereocenters. The molecule has 2 aromatic heterocycles. The van der Waals surface area contributed by atoms with E-state index in [0.29, 0.717) is 10.1 Å². The van der Waals surface area contributed by atoms with Crippen molar-refractivity contribution in [1.82, 2.24) is 9.97 Å². The highest BCUT2D eigenvalue weighted by atomic mass is 32.1. The third-order valence-electron chi connectivity index (χ3n) is 2.44. The van der Waals surface area contributed by atoms with Crippen LogP contribution in [0.2, 0.25) is 0 Å². The zero-order valence-corrected chi connectivity index (χ0v) is 11.5. The lowest BCUT2D eigenvalue weighted by Gasteiger charge is -1.96. The van der Waals surface area contributed by atoms with Gasteiger partial charge in [-0.1, -0.05) is 11.3 Å². The van der Waals surface area contributed by atoms with Crippen LogP contribution in [0.15, 0.2) is 29.8 Å². The maximum atomic E-state index is 11.9. The first-order chi connectivity index (χ1) is 9.26. The summed E-state index contributed by atoms with van der Waals surface area (Å²) < 4.78 is 6.12. The zero-order chi connectivity index (χ0) is 13.2. The monoisotopic (exact) mass is 291 g/mol.